The van der Waals surface area contributed by atoms with Gasteiger partial charge in [0.15, 0.2) is 0 Å². The Balaban J connectivity index is 2.28. The third-order valence-corrected chi connectivity index (χ3v) is 3.22. The fourth-order valence-electron chi connectivity index (χ4n) is 1.91. The molecule has 0 amide bonds. The Morgan fingerprint density at radius 3 is 2.52 bits per heavy atom. The van der Waals surface area contributed by atoms with Gasteiger partial charge in [-0.1, -0.05) is 23.7 Å². The highest BCUT2D eigenvalue weighted by Gasteiger charge is 2.35. The lowest BCUT2D eigenvalue weighted by atomic mass is 10.1. The number of hydrogen-bond acceptors (Lipinski definition) is 3. The summed E-state index contributed by atoms with van der Waals surface area (Å²) >= 11 is 5.82. The number of alkyl halides is 3. The Hall–Kier alpha value is -2.21. The highest BCUT2D eigenvalue weighted by atomic mass is 35.5. The van der Waals surface area contributed by atoms with Gasteiger partial charge in [-0.3, -0.25) is 0 Å². The number of rotatable bonds is 4. The van der Waals surface area contributed by atoms with Gasteiger partial charge in [0.1, 0.15) is 12.4 Å². The first kappa shape index (κ1) is 17.1. The van der Waals surface area contributed by atoms with Gasteiger partial charge in [-0.05, 0) is 35.9 Å². The van der Waals surface area contributed by atoms with E-state index in [1.165, 1.54) is 6.07 Å². The van der Waals surface area contributed by atoms with E-state index in [4.69, 9.17) is 16.3 Å². The van der Waals surface area contributed by atoms with Crippen molar-refractivity contribution < 1.29 is 27.4 Å². The molecule has 0 aliphatic heterocycles. The SMILES string of the molecule is COC(=O)c1ccc(OCc2cccc(Cl)c2)c(C(F)(F)F)c1. The molecule has 2 aromatic carbocycles. The molecule has 0 radical (unpaired) electrons. The van der Waals surface area contributed by atoms with Crippen LogP contribution in [0.5, 0.6) is 5.75 Å². The van der Waals surface area contributed by atoms with Crippen LogP contribution in [-0.4, -0.2) is 13.1 Å². The molecule has 0 aliphatic carbocycles. The van der Waals surface area contributed by atoms with E-state index in [-0.39, 0.29) is 17.9 Å². The zero-order chi connectivity index (χ0) is 17.0. The predicted octanol–water partition coefficient (Wildman–Crippen LogP) is 4.72. The Bertz CT molecular complexity index is 714. The molecule has 0 unspecified atom stereocenters. The minimum Gasteiger partial charge on any atom is -0.488 e. The van der Waals surface area contributed by atoms with E-state index in [2.05, 4.69) is 4.74 Å². The van der Waals surface area contributed by atoms with Crippen molar-refractivity contribution in [1.82, 2.24) is 0 Å². The molecule has 7 heteroatoms. The van der Waals surface area contributed by atoms with Gasteiger partial charge in [-0.2, -0.15) is 13.2 Å². The minimum atomic E-state index is -4.66. The molecule has 0 aliphatic rings. The molecule has 0 aromatic heterocycles. The first-order valence-electron chi connectivity index (χ1n) is 6.48. The van der Waals surface area contributed by atoms with Gasteiger partial charge in [0.25, 0.3) is 0 Å². The number of carbonyl (C=O) groups excluding carboxylic acids is 1. The lowest BCUT2D eigenvalue weighted by Crippen LogP contribution is -2.11. The molecular formula is C16H12ClF3O3. The second-order valence-electron chi connectivity index (χ2n) is 4.62. The van der Waals surface area contributed by atoms with Crippen LogP contribution in [-0.2, 0) is 17.5 Å². The van der Waals surface area contributed by atoms with E-state index in [1.807, 2.05) is 0 Å². The lowest BCUT2D eigenvalue weighted by Gasteiger charge is -2.15. The molecular weight excluding hydrogens is 333 g/mol. The second-order valence-corrected chi connectivity index (χ2v) is 5.06. The van der Waals surface area contributed by atoms with Crippen molar-refractivity contribution in [3.8, 4) is 5.75 Å². The summed E-state index contributed by atoms with van der Waals surface area (Å²) in [7, 11) is 1.10. The Labute approximate surface area is 135 Å². The van der Waals surface area contributed by atoms with E-state index in [1.54, 1.807) is 24.3 Å². The first-order valence-corrected chi connectivity index (χ1v) is 6.86. The summed E-state index contributed by atoms with van der Waals surface area (Å²) in [5.41, 5.74) is -0.611. The molecule has 122 valence electrons. The molecule has 0 N–H and O–H groups in total. The fourth-order valence-corrected chi connectivity index (χ4v) is 2.12. The fraction of sp³-hybridized carbons (Fsp3) is 0.188. The van der Waals surface area contributed by atoms with Crippen LogP contribution in [0.3, 0.4) is 0 Å². The van der Waals surface area contributed by atoms with E-state index in [0.717, 1.165) is 13.2 Å². The van der Waals surface area contributed by atoms with E-state index < -0.39 is 17.7 Å². The predicted molar refractivity (Wildman–Crippen MR) is 78.6 cm³/mol. The molecule has 0 saturated carbocycles. The molecule has 0 saturated heterocycles. The molecule has 2 rings (SSSR count). The quantitative estimate of drug-likeness (QED) is 0.752. The summed E-state index contributed by atoms with van der Waals surface area (Å²) in [5.74, 6) is -1.22. The van der Waals surface area contributed by atoms with Gasteiger partial charge in [0.05, 0.1) is 18.2 Å². The maximum atomic E-state index is 13.1. The number of hydrogen-bond donors (Lipinski definition) is 0. The summed E-state index contributed by atoms with van der Waals surface area (Å²) < 4.78 is 49.1. The van der Waals surface area contributed by atoms with Crippen LogP contribution in [0.4, 0.5) is 13.2 Å². The van der Waals surface area contributed by atoms with Crippen LogP contribution in [0.15, 0.2) is 42.5 Å². The number of ether oxygens (including phenoxy) is 2. The summed E-state index contributed by atoms with van der Waals surface area (Å²) in [6.07, 6.45) is -4.66. The van der Waals surface area contributed by atoms with Crippen molar-refractivity contribution >= 4 is 17.6 Å². The molecule has 0 atom stereocenters. The van der Waals surface area contributed by atoms with Crippen LogP contribution in [0.25, 0.3) is 0 Å². The lowest BCUT2D eigenvalue weighted by molar-refractivity contribution is -0.139. The Kier molecular flexibility index (Phi) is 5.15. The van der Waals surface area contributed by atoms with Crippen LogP contribution >= 0.6 is 11.6 Å². The van der Waals surface area contributed by atoms with Crippen molar-refractivity contribution in [1.29, 1.82) is 0 Å². The van der Waals surface area contributed by atoms with Crippen LogP contribution < -0.4 is 4.74 Å². The van der Waals surface area contributed by atoms with Crippen molar-refractivity contribution in [2.75, 3.05) is 7.11 Å². The first-order chi connectivity index (χ1) is 10.8. The summed E-state index contributed by atoms with van der Waals surface area (Å²) in [4.78, 5) is 11.4. The highest BCUT2D eigenvalue weighted by Crippen LogP contribution is 2.37. The van der Waals surface area contributed by atoms with Crippen LogP contribution in [0.1, 0.15) is 21.5 Å². The van der Waals surface area contributed by atoms with Crippen LogP contribution in [0.2, 0.25) is 5.02 Å². The van der Waals surface area contributed by atoms with Gasteiger partial charge < -0.3 is 9.47 Å². The average Bonchev–Trinajstić information content (AvgIpc) is 2.51. The van der Waals surface area contributed by atoms with Gasteiger partial charge in [0.2, 0.25) is 0 Å². The highest BCUT2D eigenvalue weighted by molar-refractivity contribution is 6.30. The van der Waals surface area contributed by atoms with Crippen molar-refractivity contribution in [2.24, 2.45) is 0 Å². The number of halogens is 4. The van der Waals surface area contributed by atoms with Crippen molar-refractivity contribution in [3.05, 3.63) is 64.2 Å². The zero-order valence-corrected chi connectivity index (χ0v) is 12.7. The molecule has 0 heterocycles. The van der Waals surface area contributed by atoms with Crippen LogP contribution in [0, 0.1) is 0 Å². The zero-order valence-electron chi connectivity index (χ0n) is 12.0. The third-order valence-electron chi connectivity index (χ3n) is 2.99. The van der Waals surface area contributed by atoms with Crippen molar-refractivity contribution in [2.45, 2.75) is 12.8 Å². The van der Waals surface area contributed by atoms with Gasteiger partial charge in [-0.25, -0.2) is 4.79 Å². The largest absolute Gasteiger partial charge is 0.488 e. The third kappa shape index (κ3) is 4.39. The summed E-state index contributed by atoms with van der Waals surface area (Å²) in [6.45, 7) is -0.0821. The summed E-state index contributed by atoms with van der Waals surface area (Å²) in [5, 5.41) is 0.461. The number of carbonyl (C=O) groups is 1. The number of benzene rings is 2. The van der Waals surface area contributed by atoms with Gasteiger partial charge in [-0.15, -0.1) is 0 Å². The second kappa shape index (κ2) is 6.91. The monoisotopic (exact) mass is 344 g/mol. The van der Waals surface area contributed by atoms with Crippen molar-refractivity contribution in [3.63, 3.8) is 0 Å². The topological polar surface area (TPSA) is 35.5 Å². The Morgan fingerprint density at radius 1 is 1.17 bits per heavy atom. The molecule has 0 fully saturated rings. The number of esters is 1. The van der Waals surface area contributed by atoms with E-state index >= 15 is 0 Å². The molecule has 2 aromatic rings. The molecule has 0 bridgehead atoms. The Morgan fingerprint density at radius 2 is 1.91 bits per heavy atom. The normalized spacial score (nSPS) is 11.2. The van der Waals surface area contributed by atoms with E-state index in [9.17, 15) is 18.0 Å². The molecule has 3 nitrogen and oxygen atoms in total. The minimum absolute atomic E-state index is 0.0821. The maximum Gasteiger partial charge on any atom is 0.419 e. The van der Waals surface area contributed by atoms with E-state index in [0.29, 0.717) is 16.7 Å². The molecule has 0 spiro atoms. The average molecular weight is 345 g/mol. The summed E-state index contributed by atoms with van der Waals surface area (Å²) in [6, 6.07) is 9.62. The molecule has 23 heavy (non-hydrogen) atoms. The number of methoxy groups -OCH3 is 1. The standard InChI is InChI=1S/C16H12ClF3O3/c1-22-15(21)11-5-6-14(13(8-11)16(18,19)20)23-9-10-3-2-4-12(17)7-10/h2-8H,9H2,1H3. The van der Waals surface area contributed by atoms with Gasteiger partial charge in [0, 0.05) is 5.02 Å². The maximum absolute atomic E-state index is 13.1. The van der Waals surface area contributed by atoms with Gasteiger partial charge >= 0.3 is 12.1 Å². The smallest absolute Gasteiger partial charge is 0.419 e.